The van der Waals surface area contributed by atoms with E-state index in [1.807, 2.05) is 23.9 Å². The molecular weight excluding hydrogens is 224 g/mol. The summed E-state index contributed by atoms with van der Waals surface area (Å²) >= 11 is 5.84. The predicted octanol–water partition coefficient (Wildman–Crippen LogP) is 3.04. The highest BCUT2D eigenvalue weighted by Crippen LogP contribution is 2.24. The third-order valence-corrected chi connectivity index (χ3v) is 2.64. The van der Waals surface area contributed by atoms with Gasteiger partial charge < -0.3 is 0 Å². The largest absolute Gasteiger partial charge is 0.298 e. The summed E-state index contributed by atoms with van der Waals surface area (Å²) < 4.78 is 1.82. The number of nitrogens with zero attached hydrogens (tertiary/aromatic N) is 2. The van der Waals surface area contributed by atoms with Crippen molar-refractivity contribution in [3.8, 4) is 11.1 Å². The lowest BCUT2D eigenvalue weighted by molar-refractivity contribution is 0.112. The van der Waals surface area contributed by atoms with Crippen molar-refractivity contribution >= 4 is 17.9 Å². The summed E-state index contributed by atoms with van der Waals surface area (Å²) in [5.41, 5.74) is 2.38. The van der Waals surface area contributed by atoms with Gasteiger partial charge in [-0.05, 0) is 24.6 Å². The summed E-state index contributed by atoms with van der Waals surface area (Å²) in [5.74, 6) is 0. The van der Waals surface area contributed by atoms with Crippen molar-refractivity contribution in [2.75, 3.05) is 0 Å². The van der Waals surface area contributed by atoms with Gasteiger partial charge in [0.15, 0.2) is 6.29 Å². The van der Waals surface area contributed by atoms with Gasteiger partial charge in [0.05, 0.1) is 6.20 Å². The van der Waals surface area contributed by atoms with Crippen molar-refractivity contribution in [2.24, 2.45) is 0 Å². The first-order valence-electron chi connectivity index (χ1n) is 5.02. The molecule has 0 bridgehead atoms. The number of hydrogen-bond donors (Lipinski definition) is 0. The molecule has 4 heteroatoms. The third kappa shape index (κ3) is 1.99. The first-order valence-corrected chi connectivity index (χ1v) is 5.40. The fourth-order valence-corrected chi connectivity index (χ4v) is 1.75. The van der Waals surface area contributed by atoms with Crippen LogP contribution in [0.4, 0.5) is 0 Å². The van der Waals surface area contributed by atoms with E-state index in [9.17, 15) is 4.79 Å². The van der Waals surface area contributed by atoms with Crippen LogP contribution in [0.2, 0.25) is 5.02 Å². The van der Waals surface area contributed by atoms with E-state index in [1.54, 1.807) is 18.3 Å². The second-order valence-electron chi connectivity index (χ2n) is 3.43. The molecule has 0 fully saturated rings. The second-order valence-corrected chi connectivity index (χ2v) is 3.87. The molecule has 0 saturated carbocycles. The Balaban J connectivity index is 2.50. The minimum Gasteiger partial charge on any atom is -0.298 e. The molecule has 16 heavy (non-hydrogen) atoms. The van der Waals surface area contributed by atoms with Gasteiger partial charge in [0.25, 0.3) is 0 Å². The van der Waals surface area contributed by atoms with E-state index < -0.39 is 0 Å². The maximum atomic E-state index is 10.9. The first kappa shape index (κ1) is 10.9. The summed E-state index contributed by atoms with van der Waals surface area (Å²) in [4.78, 5) is 10.9. The standard InChI is InChI=1S/C12H11ClN2O/c1-2-15-7-10(6-14-15)12-4-3-11(13)5-9(12)8-16/h3-8H,2H2,1H3. The summed E-state index contributed by atoms with van der Waals surface area (Å²) in [6.07, 6.45) is 4.47. The van der Waals surface area contributed by atoms with Crippen LogP contribution in [0.3, 0.4) is 0 Å². The summed E-state index contributed by atoms with van der Waals surface area (Å²) in [5, 5.41) is 4.74. The maximum absolute atomic E-state index is 10.9. The molecule has 1 aromatic carbocycles. The van der Waals surface area contributed by atoms with E-state index in [0.29, 0.717) is 10.6 Å². The SMILES string of the molecule is CCn1cc(-c2ccc(Cl)cc2C=O)cn1. The number of rotatable bonds is 3. The lowest BCUT2D eigenvalue weighted by Crippen LogP contribution is -1.92. The third-order valence-electron chi connectivity index (χ3n) is 2.41. The highest BCUT2D eigenvalue weighted by atomic mass is 35.5. The molecule has 0 unspecified atom stereocenters. The molecule has 0 aliphatic heterocycles. The van der Waals surface area contributed by atoms with Gasteiger partial charge in [0.1, 0.15) is 0 Å². The van der Waals surface area contributed by atoms with E-state index in [-0.39, 0.29) is 0 Å². The average Bonchev–Trinajstić information content (AvgIpc) is 2.77. The monoisotopic (exact) mass is 234 g/mol. The second kappa shape index (κ2) is 4.49. The summed E-state index contributed by atoms with van der Waals surface area (Å²) in [6, 6.07) is 5.27. The Morgan fingerprint density at radius 1 is 1.50 bits per heavy atom. The molecule has 0 aliphatic carbocycles. The van der Waals surface area contributed by atoms with Crippen LogP contribution in [0.15, 0.2) is 30.6 Å². The van der Waals surface area contributed by atoms with Crippen molar-refractivity contribution in [1.82, 2.24) is 9.78 Å². The first-order chi connectivity index (χ1) is 7.74. The van der Waals surface area contributed by atoms with Gasteiger partial charge in [0.2, 0.25) is 0 Å². The number of aldehydes is 1. The van der Waals surface area contributed by atoms with E-state index >= 15 is 0 Å². The number of aromatic nitrogens is 2. The van der Waals surface area contributed by atoms with E-state index in [1.165, 1.54) is 0 Å². The number of halogens is 1. The van der Waals surface area contributed by atoms with Gasteiger partial charge in [-0.15, -0.1) is 0 Å². The van der Waals surface area contributed by atoms with Crippen LogP contribution in [0.1, 0.15) is 17.3 Å². The Hall–Kier alpha value is -1.61. The Bertz CT molecular complexity index is 519. The molecule has 82 valence electrons. The Morgan fingerprint density at radius 2 is 2.31 bits per heavy atom. The van der Waals surface area contributed by atoms with Crippen molar-refractivity contribution in [3.63, 3.8) is 0 Å². The van der Waals surface area contributed by atoms with Crippen LogP contribution in [0.5, 0.6) is 0 Å². The molecule has 3 nitrogen and oxygen atoms in total. The molecule has 0 radical (unpaired) electrons. The maximum Gasteiger partial charge on any atom is 0.150 e. The summed E-state index contributed by atoms with van der Waals surface area (Å²) in [6.45, 7) is 2.82. The quantitative estimate of drug-likeness (QED) is 0.766. The average molecular weight is 235 g/mol. The molecule has 2 rings (SSSR count). The highest BCUT2D eigenvalue weighted by Gasteiger charge is 2.07. The summed E-state index contributed by atoms with van der Waals surface area (Å²) in [7, 11) is 0. The topological polar surface area (TPSA) is 34.9 Å². The van der Waals surface area contributed by atoms with Crippen molar-refractivity contribution < 1.29 is 4.79 Å². The molecule has 1 aromatic heterocycles. The molecule has 0 saturated heterocycles. The van der Waals surface area contributed by atoms with E-state index in [2.05, 4.69) is 5.10 Å². The lowest BCUT2D eigenvalue weighted by Gasteiger charge is -2.01. The Labute approximate surface area is 98.7 Å². The van der Waals surface area contributed by atoms with Gasteiger partial charge in [-0.3, -0.25) is 9.48 Å². The normalized spacial score (nSPS) is 10.4. The minimum absolute atomic E-state index is 0.564. The zero-order valence-corrected chi connectivity index (χ0v) is 9.61. The van der Waals surface area contributed by atoms with Crippen molar-refractivity contribution in [2.45, 2.75) is 13.5 Å². The molecule has 1 heterocycles. The smallest absolute Gasteiger partial charge is 0.150 e. The minimum atomic E-state index is 0.564. The van der Waals surface area contributed by atoms with Crippen LogP contribution in [0.25, 0.3) is 11.1 Å². The Kier molecular flexibility index (Phi) is 3.06. The fourth-order valence-electron chi connectivity index (χ4n) is 1.57. The number of carbonyl (C=O) groups is 1. The molecule has 0 amide bonds. The van der Waals surface area contributed by atoms with Crippen LogP contribution in [-0.4, -0.2) is 16.1 Å². The number of benzene rings is 1. The zero-order valence-electron chi connectivity index (χ0n) is 8.85. The molecule has 0 aliphatic rings. The van der Waals surface area contributed by atoms with Gasteiger partial charge in [-0.1, -0.05) is 17.7 Å². The van der Waals surface area contributed by atoms with Crippen molar-refractivity contribution in [1.29, 1.82) is 0 Å². The molecule has 0 spiro atoms. The zero-order chi connectivity index (χ0) is 11.5. The number of aryl methyl sites for hydroxylation is 1. The predicted molar refractivity (Wildman–Crippen MR) is 63.7 cm³/mol. The van der Waals surface area contributed by atoms with E-state index in [0.717, 1.165) is 24.0 Å². The molecule has 2 aromatic rings. The molecule has 0 atom stereocenters. The van der Waals surface area contributed by atoms with Gasteiger partial charge in [-0.25, -0.2) is 0 Å². The fraction of sp³-hybridized carbons (Fsp3) is 0.167. The van der Waals surface area contributed by atoms with Crippen LogP contribution >= 0.6 is 11.6 Å². The van der Waals surface area contributed by atoms with Crippen LogP contribution in [0, 0.1) is 0 Å². The highest BCUT2D eigenvalue weighted by molar-refractivity contribution is 6.31. The van der Waals surface area contributed by atoms with Crippen molar-refractivity contribution in [3.05, 3.63) is 41.2 Å². The Morgan fingerprint density at radius 3 is 2.94 bits per heavy atom. The molecule has 0 N–H and O–H groups in total. The molecular formula is C12H11ClN2O. The lowest BCUT2D eigenvalue weighted by atomic mass is 10.0. The number of hydrogen-bond acceptors (Lipinski definition) is 2. The van der Waals surface area contributed by atoms with Gasteiger partial charge in [-0.2, -0.15) is 5.10 Å². The van der Waals surface area contributed by atoms with E-state index in [4.69, 9.17) is 11.6 Å². The van der Waals surface area contributed by atoms with Gasteiger partial charge >= 0.3 is 0 Å². The van der Waals surface area contributed by atoms with Gasteiger partial charge in [0, 0.05) is 28.9 Å². The van der Waals surface area contributed by atoms with Crippen LogP contribution < -0.4 is 0 Å². The number of carbonyl (C=O) groups excluding carboxylic acids is 1. The van der Waals surface area contributed by atoms with Crippen LogP contribution in [-0.2, 0) is 6.54 Å².